The van der Waals surface area contributed by atoms with Gasteiger partial charge in [-0.1, -0.05) is 30.3 Å². The third-order valence-corrected chi connectivity index (χ3v) is 4.39. The van der Waals surface area contributed by atoms with E-state index in [9.17, 15) is 4.79 Å². The number of rotatable bonds is 5. The Morgan fingerprint density at radius 2 is 2.22 bits per heavy atom. The molecule has 1 aliphatic rings. The Bertz CT molecular complexity index is 653. The van der Waals surface area contributed by atoms with E-state index in [2.05, 4.69) is 10.4 Å². The maximum Gasteiger partial charge on any atom is 0.226 e. The molecule has 0 saturated carbocycles. The number of hydrogen-bond acceptors (Lipinski definition) is 3. The van der Waals surface area contributed by atoms with Crippen molar-refractivity contribution in [3.05, 3.63) is 53.9 Å². The van der Waals surface area contributed by atoms with Gasteiger partial charge in [-0.25, -0.2) is 0 Å². The Morgan fingerprint density at radius 1 is 1.43 bits per heavy atom. The maximum absolute atomic E-state index is 12.7. The van der Waals surface area contributed by atoms with Crippen molar-refractivity contribution in [2.75, 3.05) is 6.61 Å². The number of nitrogens with zero attached hydrogens (tertiary/aromatic N) is 2. The number of carbonyl (C=O) groups excluding carboxylic acids is 1. The largest absolute Gasteiger partial charge is 0.373 e. The smallest absolute Gasteiger partial charge is 0.226 e. The molecule has 3 rings (SSSR count). The number of aryl methyl sites for hydroxylation is 1. The molecule has 1 N–H and O–H groups in total. The third kappa shape index (κ3) is 3.45. The van der Waals surface area contributed by atoms with Crippen LogP contribution >= 0.6 is 0 Å². The number of amides is 1. The molecule has 1 aromatic carbocycles. The van der Waals surface area contributed by atoms with E-state index in [0.717, 1.165) is 24.1 Å². The van der Waals surface area contributed by atoms with Crippen molar-refractivity contribution in [2.45, 2.75) is 39.0 Å². The summed E-state index contributed by atoms with van der Waals surface area (Å²) in [4.78, 5) is 12.7. The number of hydrogen-bond donors (Lipinski definition) is 1. The second kappa shape index (κ2) is 6.96. The zero-order valence-corrected chi connectivity index (χ0v) is 13.6. The van der Waals surface area contributed by atoms with E-state index in [1.54, 1.807) is 6.20 Å². The summed E-state index contributed by atoms with van der Waals surface area (Å²) >= 11 is 0. The molecule has 0 radical (unpaired) electrons. The van der Waals surface area contributed by atoms with Crippen molar-refractivity contribution in [1.82, 2.24) is 15.1 Å². The first kappa shape index (κ1) is 15.7. The van der Waals surface area contributed by atoms with Gasteiger partial charge < -0.3 is 10.1 Å². The van der Waals surface area contributed by atoms with E-state index in [-0.39, 0.29) is 24.0 Å². The number of carbonyl (C=O) groups is 1. The van der Waals surface area contributed by atoms with Crippen molar-refractivity contribution in [1.29, 1.82) is 0 Å². The molecular weight excluding hydrogens is 290 g/mol. The molecule has 5 nitrogen and oxygen atoms in total. The van der Waals surface area contributed by atoms with Crippen LogP contribution in [0.2, 0.25) is 0 Å². The minimum absolute atomic E-state index is 0.0108. The highest BCUT2D eigenvalue weighted by atomic mass is 16.5. The molecule has 1 amide bonds. The molecular formula is C18H23N3O2. The van der Waals surface area contributed by atoms with Crippen LogP contribution < -0.4 is 5.32 Å². The second-order valence-electron chi connectivity index (χ2n) is 5.96. The van der Waals surface area contributed by atoms with Crippen LogP contribution in [0.25, 0.3) is 0 Å². The van der Waals surface area contributed by atoms with Gasteiger partial charge in [0, 0.05) is 24.9 Å². The molecule has 3 atom stereocenters. The van der Waals surface area contributed by atoms with Crippen LogP contribution in [-0.4, -0.2) is 22.3 Å². The third-order valence-electron chi connectivity index (χ3n) is 4.39. The Balaban J connectivity index is 1.68. The molecule has 122 valence electrons. The minimum Gasteiger partial charge on any atom is -0.373 e. The van der Waals surface area contributed by atoms with E-state index in [1.165, 1.54) is 0 Å². The van der Waals surface area contributed by atoms with Crippen molar-refractivity contribution >= 4 is 5.91 Å². The fraction of sp³-hybridized carbons (Fsp3) is 0.444. The lowest BCUT2D eigenvalue weighted by Gasteiger charge is -2.20. The van der Waals surface area contributed by atoms with Gasteiger partial charge in [0.05, 0.1) is 24.3 Å². The zero-order chi connectivity index (χ0) is 16.2. The molecule has 1 fully saturated rings. The van der Waals surface area contributed by atoms with Gasteiger partial charge in [-0.3, -0.25) is 9.48 Å². The molecule has 0 spiro atoms. The van der Waals surface area contributed by atoms with Crippen LogP contribution in [0.1, 0.15) is 43.5 Å². The first-order chi connectivity index (χ1) is 11.2. The zero-order valence-electron chi connectivity index (χ0n) is 13.6. The van der Waals surface area contributed by atoms with Crippen LogP contribution in [0, 0.1) is 5.92 Å². The number of ether oxygens (including phenoxy) is 1. The van der Waals surface area contributed by atoms with E-state index in [4.69, 9.17) is 4.74 Å². The van der Waals surface area contributed by atoms with Gasteiger partial charge in [-0.15, -0.1) is 0 Å². The summed E-state index contributed by atoms with van der Waals surface area (Å²) in [5.41, 5.74) is 2.09. The van der Waals surface area contributed by atoms with E-state index < -0.39 is 0 Å². The predicted octanol–water partition coefficient (Wildman–Crippen LogP) is 2.86. The van der Waals surface area contributed by atoms with E-state index in [1.807, 2.05) is 55.1 Å². The molecule has 2 heterocycles. The normalized spacial score (nSPS) is 22.0. The Morgan fingerprint density at radius 3 is 2.91 bits per heavy atom. The SMILES string of the molecule is CCn1cc([C@H]2OCC[C@@H]2C(=O)N[C@@H](C)c2ccccc2)cn1. The van der Waals surface area contributed by atoms with Gasteiger partial charge in [0.25, 0.3) is 0 Å². The molecule has 1 aromatic heterocycles. The summed E-state index contributed by atoms with van der Waals surface area (Å²) < 4.78 is 7.66. The minimum atomic E-state index is -0.196. The van der Waals surface area contributed by atoms with E-state index >= 15 is 0 Å². The van der Waals surface area contributed by atoms with Gasteiger partial charge in [0.15, 0.2) is 0 Å². The van der Waals surface area contributed by atoms with Crippen LogP contribution in [0.5, 0.6) is 0 Å². The molecule has 1 aliphatic heterocycles. The van der Waals surface area contributed by atoms with Crippen molar-refractivity contribution in [3.8, 4) is 0 Å². The molecule has 0 aliphatic carbocycles. The Kier molecular flexibility index (Phi) is 4.76. The van der Waals surface area contributed by atoms with Gasteiger partial charge in [0.2, 0.25) is 5.91 Å². The first-order valence-electron chi connectivity index (χ1n) is 8.18. The van der Waals surface area contributed by atoms with Gasteiger partial charge in [-0.2, -0.15) is 5.10 Å². The van der Waals surface area contributed by atoms with Gasteiger partial charge >= 0.3 is 0 Å². The highest BCUT2D eigenvalue weighted by Gasteiger charge is 2.36. The molecule has 0 unspecified atom stereocenters. The number of nitrogens with one attached hydrogen (secondary N) is 1. The fourth-order valence-electron chi connectivity index (χ4n) is 3.03. The van der Waals surface area contributed by atoms with Crippen LogP contribution in [0.3, 0.4) is 0 Å². The topological polar surface area (TPSA) is 56.1 Å². The monoisotopic (exact) mass is 313 g/mol. The van der Waals surface area contributed by atoms with Crippen molar-refractivity contribution < 1.29 is 9.53 Å². The number of benzene rings is 1. The molecule has 2 aromatic rings. The lowest BCUT2D eigenvalue weighted by atomic mass is 9.95. The van der Waals surface area contributed by atoms with E-state index in [0.29, 0.717) is 6.61 Å². The Labute approximate surface area is 136 Å². The molecule has 5 heteroatoms. The average molecular weight is 313 g/mol. The van der Waals surface area contributed by atoms with Gasteiger partial charge in [0.1, 0.15) is 0 Å². The summed E-state index contributed by atoms with van der Waals surface area (Å²) in [6.45, 7) is 5.47. The second-order valence-corrected chi connectivity index (χ2v) is 5.96. The highest BCUT2D eigenvalue weighted by Crippen LogP contribution is 2.34. The Hall–Kier alpha value is -2.14. The molecule has 0 bridgehead atoms. The summed E-state index contributed by atoms with van der Waals surface area (Å²) in [6.07, 6.45) is 4.32. The summed E-state index contributed by atoms with van der Waals surface area (Å²) in [5, 5.41) is 7.40. The molecule has 23 heavy (non-hydrogen) atoms. The van der Waals surface area contributed by atoms with Gasteiger partial charge in [-0.05, 0) is 25.8 Å². The quantitative estimate of drug-likeness (QED) is 0.923. The van der Waals surface area contributed by atoms with Crippen molar-refractivity contribution in [2.24, 2.45) is 5.92 Å². The van der Waals surface area contributed by atoms with Crippen molar-refractivity contribution in [3.63, 3.8) is 0 Å². The average Bonchev–Trinajstić information content (AvgIpc) is 3.24. The lowest BCUT2D eigenvalue weighted by molar-refractivity contribution is -0.127. The first-order valence-corrected chi connectivity index (χ1v) is 8.18. The van der Waals surface area contributed by atoms with Crippen LogP contribution in [0.4, 0.5) is 0 Å². The summed E-state index contributed by atoms with van der Waals surface area (Å²) in [5.74, 6) is -0.108. The number of aromatic nitrogens is 2. The maximum atomic E-state index is 12.7. The van der Waals surface area contributed by atoms with Crippen LogP contribution in [-0.2, 0) is 16.1 Å². The summed E-state index contributed by atoms with van der Waals surface area (Å²) in [7, 11) is 0. The predicted molar refractivity (Wildman–Crippen MR) is 87.7 cm³/mol. The lowest BCUT2D eigenvalue weighted by Crippen LogP contribution is -2.34. The standard InChI is InChI=1S/C18H23N3O2/c1-3-21-12-15(11-19-21)17-16(9-10-23-17)18(22)20-13(2)14-7-5-4-6-8-14/h4-8,11-13,16-17H,3,9-10H2,1-2H3,(H,20,22)/t13-,16-,17+/m0/s1. The highest BCUT2D eigenvalue weighted by molar-refractivity contribution is 5.80. The fourth-order valence-corrected chi connectivity index (χ4v) is 3.03. The summed E-state index contributed by atoms with van der Waals surface area (Å²) in [6, 6.07) is 9.99. The van der Waals surface area contributed by atoms with Crippen LogP contribution in [0.15, 0.2) is 42.7 Å². The molecule has 1 saturated heterocycles.